The summed E-state index contributed by atoms with van der Waals surface area (Å²) < 4.78 is 52.4. The van der Waals surface area contributed by atoms with Crippen molar-refractivity contribution in [1.82, 2.24) is 4.90 Å². The van der Waals surface area contributed by atoms with Crippen molar-refractivity contribution in [3.63, 3.8) is 0 Å². The normalized spacial score (nSPS) is 16.5. The van der Waals surface area contributed by atoms with Crippen LogP contribution in [0.5, 0.6) is 0 Å². The molecular formula is C13H11F4NO3. The highest BCUT2D eigenvalue weighted by atomic mass is 19.2. The third-order valence-electron chi connectivity index (χ3n) is 3.63. The second kappa shape index (κ2) is 5.34. The number of rotatable bonds is 3. The topological polar surface area (TPSA) is 57.6 Å². The summed E-state index contributed by atoms with van der Waals surface area (Å²) in [4.78, 5) is 23.7. The van der Waals surface area contributed by atoms with Crippen molar-refractivity contribution >= 4 is 11.9 Å². The summed E-state index contributed by atoms with van der Waals surface area (Å²) in [5, 5.41) is 8.80. The van der Waals surface area contributed by atoms with Crippen molar-refractivity contribution in [3.05, 3.63) is 34.9 Å². The first-order valence-electron chi connectivity index (χ1n) is 6.09. The van der Waals surface area contributed by atoms with Gasteiger partial charge in [0.2, 0.25) is 0 Å². The Kier molecular flexibility index (Phi) is 3.89. The molecule has 114 valence electrons. The SMILES string of the molecule is CC(C(=O)O)C1CN(C(=O)c2cc(F)c(F)c(F)c2F)C1. The first kappa shape index (κ1) is 15.3. The van der Waals surface area contributed by atoms with Gasteiger partial charge in [-0.15, -0.1) is 0 Å². The molecule has 0 saturated carbocycles. The van der Waals surface area contributed by atoms with Crippen LogP contribution in [0.25, 0.3) is 0 Å². The van der Waals surface area contributed by atoms with Gasteiger partial charge in [0.25, 0.3) is 5.91 Å². The quantitative estimate of drug-likeness (QED) is 0.528. The van der Waals surface area contributed by atoms with Crippen molar-refractivity contribution in [2.24, 2.45) is 11.8 Å². The van der Waals surface area contributed by atoms with Gasteiger partial charge in [-0.05, 0) is 6.07 Å². The monoisotopic (exact) mass is 305 g/mol. The first-order valence-corrected chi connectivity index (χ1v) is 6.09. The number of halogens is 4. The van der Waals surface area contributed by atoms with E-state index in [0.29, 0.717) is 6.07 Å². The molecule has 1 aromatic carbocycles. The minimum Gasteiger partial charge on any atom is -0.481 e. The maximum atomic E-state index is 13.5. The van der Waals surface area contributed by atoms with Gasteiger partial charge in [-0.3, -0.25) is 9.59 Å². The molecule has 2 rings (SSSR count). The van der Waals surface area contributed by atoms with E-state index in [9.17, 15) is 27.2 Å². The lowest BCUT2D eigenvalue weighted by Gasteiger charge is -2.41. The Hall–Kier alpha value is -2.12. The predicted molar refractivity (Wildman–Crippen MR) is 62.5 cm³/mol. The molecule has 21 heavy (non-hydrogen) atoms. The van der Waals surface area contributed by atoms with Crippen molar-refractivity contribution in [1.29, 1.82) is 0 Å². The number of aliphatic carboxylic acids is 1. The Bertz CT molecular complexity index is 614. The Balaban J connectivity index is 2.15. The molecule has 1 N–H and O–H groups in total. The molecule has 1 amide bonds. The highest BCUT2D eigenvalue weighted by molar-refractivity contribution is 5.95. The molecule has 1 fully saturated rings. The summed E-state index contributed by atoms with van der Waals surface area (Å²) in [7, 11) is 0. The molecule has 1 saturated heterocycles. The average molecular weight is 305 g/mol. The van der Waals surface area contributed by atoms with Crippen LogP contribution in [0.3, 0.4) is 0 Å². The van der Waals surface area contributed by atoms with Gasteiger partial charge >= 0.3 is 5.97 Å². The number of benzene rings is 1. The highest BCUT2D eigenvalue weighted by Gasteiger charge is 2.38. The molecule has 0 bridgehead atoms. The number of carbonyl (C=O) groups is 2. The van der Waals surface area contributed by atoms with E-state index >= 15 is 0 Å². The molecule has 1 heterocycles. The van der Waals surface area contributed by atoms with Crippen LogP contribution in [0, 0.1) is 35.1 Å². The summed E-state index contributed by atoms with van der Waals surface area (Å²) >= 11 is 0. The first-order chi connectivity index (χ1) is 9.73. The number of amides is 1. The highest BCUT2D eigenvalue weighted by Crippen LogP contribution is 2.27. The molecule has 0 radical (unpaired) electrons. The van der Waals surface area contributed by atoms with Crippen LogP contribution in [0.2, 0.25) is 0 Å². The van der Waals surface area contributed by atoms with E-state index in [2.05, 4.69) is 0 Å². The second-order valence-corrected chi connectivity index (χ2v) is 4.95. The maximum Gasteiger partial charge on any atom is 0.306 e. The average Bonchev–Trinajstić information content (AvgIpc) is 2.38. The Morgan fingerprint density at radius 2 is 1.76 bits per heavy atom. The zero-order valence-electron chi connectivity index (χ0n) is 10.9. The van der Waals surface area contributed by atoms with Gasteiger partial charge < -0.3 is 10.0 Å². The fraction of sp³-hybridized carbons (Fsp3) is 0.385. The summed E-state index contributed by atoms with van der Waals surface area (Å²) in [6, 6.07) is 0.296. The van der Waals surface area contributed by atoms with Crippen molar-refractivity contribution in [2.45, 2.75) is 6.92 Å². The lowest BCUT2D eigenvalue weighted by Crippen LogP contribution is -2.53. The predicted octanol–water partition coefficient (Wildman–Crippen LogP) is 2.04. The molecular weight excluding hydrogens is 294 g/mol. The van der Waals surface area contributed by atoms with Crippen LogP contribution in [-0.4, -0.2) is 35.0 Å². The molecule has 0 spiro atoms. The van der Waals surface area contributed by atoms with Gasteiger partial charge in [-0.25, -0.2) is 17.6 Å². The smallest absolute Gasteiger partial charge is 0.306 e. The second-order valence-electron chi connectivity index (χ2n) is 4.95. The number of hydrogen-bond acceptors (Lipinski definition) is 2. The van der Waals surface area contributed by atoms with Gasteiger partial charge in [0.05, 0.1) is 11.5 Å². The third-order valence-corrected chi connectivity index (χ3v) is 3.63. The molecule has 1 unspecified atom stereocenters. The van der Waals surface area contributed by atoms with Crippen molar-refractivity contribution < 1.29 is 32.3 Å². The fourth-order valence-corrected chi connectivity index (χ4v) is 2.10. The van der Waals surface area contributed by atoms with Gasteiger partial charge in [0.15, 0.2) is 23.3 Å². The largest absolute Gasteiger partial charge is 0.481 e. The number of carbonyl (C=O) groups excluding carboxylic acids is 1. The summed E-state index contributed by atoms with van der Waals surface area (Å²) in [5.41, 5.74) is -0.909. The third kappa shape index (κ3) is 2.57. The number of nitrogens with zero attached hydrogens (tertiary/aromatic N) is 1. The fourth-order valence-electron chi connectivity index (χ4n) is 2.10. The van der Waals surface area contributed by atoms with Gasteiger partial charge in [-0.2, -0.15) is 0 Å². The van der Waals surface area contributed by atoms with Crippen LogP contribution in [0.1, 0.15) is 17.3 Å². The standard InChI is InChI=1S/C13H11F4NO3/c1-5(13(20)21)6-3-18(4-6)12(19)7-2-8(14)10(16)11(17)9(7)15/h2,5-6H,3-4H2,1H3,(H,20,21). The molecule has 4 nitrogen and oxygen atoms in total. The number of carboxylic acids is 1. The van der Waals surface area contributed by atoms with Crippen molar-refractivity contribution in [3.8, 4) is 0 Å². The van der Waals surface area contributed by atoms with E-state index in [1.54, 1.807) is 0 Å². The van der Waals surface area contributed by atoms with Crippen LogP contribution in [0.15, 0.2) is 6.07 Å². The van der Waals surface area contributed by atoms with Crippen LogP contribution >= 0.6 is 0 Å². The zero-order valence-corrected chi connectivity index (χ0v) is 10.9. The minimum atomic E-state index is -2.05. The van der Waals surface area contributed by atoms with E-state index in [-0.39, 0.29) is 19.0 Å². The Morgan fingerprint density at radius 3 is 2.29 bits per heavy atom. The van der Waals surface area contributed by atoms with Crippen LogP contribution < -0.4 is 0 Å². The molecule has 0 aromatic heterocycles. The van der Waals surface area contributed by atoms with Crippen LogP contribution in [-0.2, 0) is 4.79 Å². The molecule has 8 heteroatoms. The molecule has 1 aromatic rings. The number of carboxylic acid groups (broad SMARTS) is 1. The lowest BCUT2D eigenvalue weighted by atomic mass is 9.86. The molecule has 1 atom stereocenters. The van der Waals surface area contributed by atoms with E-state index in [0.717, 1.165) is 4.90 Å². The van der Waals surface area contributed by atoms with E-state index in [1.807, 2.05) is 0 Å². The van der Waals surface area contributed by atoms with E-state index < -0.39 is 46.6 Å². The summed E-state index contributed by atoms with van der Waals surface area (Å²) in [5.74, 6) is -10.5. The Labute approximate surface area is 117 Å². The zero-order chi connectivity index (χ0) is 15.9. The Morgan fingerprint density at radius 1 is 1.19 bits per heavy atom. The minimum absolute atomic E-state index is 0.0341. The molecule has 1 aliphatic rings. The van der Waals surface area contributed by atoms with E-state index in [4.69, 9.17) is 5.11 Å². The van der Waals surface area contributed by atoms with Crippen molar-refractivity contribution in [2.75, 3.05) is 13.1 Å². The van der Waals surface area contributed by atoms with Gasteiger partial charge in [0, 0.05) is 19.0 Å². The summed E-state index contributed by atoms with van der Waals surface area (Å²) in [6.07, 6.45) is 0. The summed E-state index contributed by atoms with van der Waals surface area (Å²) in [6.45, 7) is 1.53. The van der Waals surface area contributed by atoms with Gasteiger partial charge in [0.1, 0.15) is 0 Å². The number of hydrogen-bond donors (Lipinski definition) is 1. The maximum absolute atomic E-state index is 13.5. The van der Waals surface area contributed by atoms with Gasteiger partial charge in [-0.1, -0.05) is 6.92 Å². The van der Waals surface area contributed by atoms with E-state index in [1.165, 1.54) is 6.92 Å². The molecule has 1 aliphatic heterocycles. The van der Waals surface area contributed by atoms with Crippen LogP contribution in [0.4, 0.5) is 17.6 Å². The number of likely N-dealkylation sites (tertiary alicyclic amines) is 1. The molecule has 0 aliphatic carbocycles. The lowest BCUT2D eigenvalue weighted by molar-refractivity contribution is -0.144.